The number of aliphatic carboxylic acids is 1. The van der Waals surface area contributed by atoms with Gasteiger partial charge in [0.2, 0.25) is 11.9 Å². The maximum Gasteiger partial charge on any atom is 0.468 e. The van der Waals surface area contributed by atoms with E-state index in [0.29, 0.717) is 17.0 Å². The summed E-state index contributed by atoms with van der Waals surface area (Å²) in [4.78, 5) is 35.0. The lowest BCUT2D eigenvalue weighted by molar-refractivity contribution is -1.06. The van der Waals surface area contributed by atoms with E-state index in [0.717, 1.165) is 5.56 Å². The van der Waals surface area contributed by atoms with E-state index in [1.54, 1.807) is 25.1 Å². The number of nitrogens with zero attached hydrogens (tertiary/aromatic N) is 2. The summed E-state index contributed by atoms with van der Waals surface area (Å²) in [5.74, 6) is -9.78. The molecule has 1 aliphatic rings. The van der Waals surface area contributed by atoms with E-state index in [2.05, 4.69) is 4.98 Å². The van der Waals surface area contributed by atoms with E-state index in [1.807, 2.05) is 30.3 Å². The minimum absolute atomic E-state index is 0.0754. The lowest BCUT2D eigenvalue weighted by Gasteiger charge is -2.42. The molecule has 1 amide bonds. The maximum atomic E-state index is 14.4. The molecule has 0 saturated carbocycles. The van der Waals surface area contributed by atoms with Crippen LogP contribution in [0.25, 0.3) is 12.2 Å². The van der Waals surface area contributed by atoms with Crippen LogP contribution in [0.1, 0.15) is 40.1 Å². The van der Waals surface area contributed by atoms with Gasteiger partial charge in [0.1, 0.15) is 18.9 Å². The summed E-state index contributed by atoms with van der Waals surface area (Å²) in [6.07, 6.45) is -3.21. The van der Waals surface area contributed by atoms with Gasteiger partial charge >= 0.3 is 24.0 Å². The van der Waals surface area contributed by atoms with Crippen molar-refractivity contribution < 1.29 is 50.5 Å². The van der Waals surface area contributed by atoms with Crippen LogP contribution in [0.4, 0.5) is 22.0 Å². The Morgan fingerprint density at radius 2 is 1.74 bits per heavy atom. The molecule has 1 aliphatic heterocycles. The van der Waals surface area contributed by atoms with Gasteiger partial charge in [0.05, 0.1) is 5.69 Å². The molecule has 0 aliphatic carbocycles. The minimum Gasteiger partial charge on any atom is -0.476 e. The quantitative estimate of drug-likeness (QED) is 0.292. The van der Waals surface area contributed by atoms with E-state index in [-0.39, 0.29) is 24.3 Å². The van der Waals surface area contributed by atoms with Crippen molar-refractivity contribution in [2.24, 2.45) is 0 Å². The largest absolute Gasteiger partial charge is 0.476 e. The summed E-state index contributed by atoms with van der Waals surface area (Å²) in [6, 6.07) is 12.9. The lowest BCUT2D eigenvalue weighted by atomic mass is 9.91. The molecule has 1 N–H and O–H groups in total. The number of hydroxylamine groups is 3. The van der Waals surface area contributed by atoms with Crippen LogP contribution in [-0.4, -0.2) is 51.9 Å². The van der Waals surface area contributed by atoms with E-state index in [1.165, 1.54) is 18.2 Å². The van der Waals surface area contributed by atoms with Crippen molar-refractivity contribution in [3.05, 3.63) is 88.6 Å². The smallest absolute Gasteiger partial charge is 0.468 e. The van der Waals surface area contributed by atoms with Crippen LogP contribution in [0.5, 0.6) is 0 Å². The van der Waals surface area contributed by atoms with Gasteiger partial charge in [0, 0.05) is 24.5 Å². The SMILES string of the molecule is Cc1oc(C=Cc2ccccc2)nc1CCO[N+]1(C(=O)C(F)(F)C(F)(F)F)CCc2ccccc2C1C(=O)O. The average molecular weight is 551 g/mol. The Hall–Kier alpha value is -3.90. The summed E-state index contributed by atoms with van der Waals surface area (Å²) >= 11 is 0. The van der Waals surface area contributed by atoms with Crippen LogP contribution >= 0.6 is 0 Å². The summed E-state index contributed by atoms with van der Waals surface area (Å²) in [7, 11) is 0. The summed E-state index contributed by atoms with van der Waals surface area (Å²) in [5.41, 5.74) is 1.51. The van der Waals surface area contributed by atoms with Crippen LogP contribution < -0.4 is 0 Å². The molecule has 7 nitrogen and oxygen atoms in total. The molecule has 0 bridgehead atoms. The van der Waals surface area contributed by atoms with Crippen molar-refractivity contribution in [3.63, 3.8) is 0 Å². The molecule has 0 spiro atoms. The van der Waals surface area contributed by atoms with Crippen LogP contribution in [0.2, 0.25) is 0 Å². The summed E-state index contributed by atoms with van der Waals surface area (Å²) < 4.78 is 72.1. The number of rotatable bonds is 8. The third-order valence-electron chi connectivity index (χ3n) is 6.47. The van der Waals surface area contributed by atoms with Crippen LogP contribution in [0.15, 0.2) is 59.0 Å². The van der Waals surface area contributed by atoms with Crippen LogP contribution in [-0.2, 0) is 27.3 Å². The number of carboxylic acid groups (broad SMARTS) is 1. The summed E-state index contributed by atoms with van der Waals surface area (Å²) in [5, 5.41) is 9.95. The fraction of sp³-hybridized carbons (Fsp3) is 0.296. The normalized spacial score (nSPS) is 19.7. The Morgan fingerprint density at radius 1 is 1.08 bits per heavy atom. The highest BCUT2D eigenvalue weighted by Gasteiger charge is 2.74. The monoisotopic (exact) mass is 551 g/mol. The van der Waals surface area contributed by atoms with Crippen molar-refractivity contribution in [1.82, 2.24) is 4.98 Å². The number of benzene rings is 2. The van der Waals surface area contributed by atoms with Gasteiger partial charge in [-0.1, -0.05) is 59.2 Å². The number of carbonyl (C=O) groups is 2. The van der Waals surface area contributed by atoms with Crippen LogP contribution in [0, 0.1) is 6.92 Å². The van der Waals surface area contributed by atoms with Crippen molar-refractivity contribution in [1.29, 1.82) is 0 Å². The molecule has 12 heteroatoms. The second-order valence-corrected chi connectivity index (χ2v) is 8.97. The molecule has 206 valence electrons. The number of aryl methyl sites for hydroxylation is 1. The molecule has 2 aromatic carbocycles. The highest BCUT2D eigenvalue weighted by Crippen LogP contribution is 2.45. The molecule has 3 aromatic rings. The third-order valence-corrected chi connectivity index (χ3v) is 6.47. The number of carboxylic acids is 1. The number of oxazole rings is 1. The Bertz CT molecular complexity index is 1390. The highest BCUT2D eigenvalue weighted by molar-refractivity contribution is 5.83. The fourth-order valence-corrected chi connectivity index (χ4v) is 4.55. The number of hydrogen-bond acceptors (Lipinski definition) is 5. The molecule has 2 unspecified atom stereocenters. The molecular formula is C27H24F5N2O5+. The number of amides is 1. The van der Waals surface area contributed by atoms with E-state index >= 15 is 0 Å². The fourth-order valence-electron chi connectivity index (χ4n) is 4.55. The Morgan fingerprint density at radius 3 is 2.41 bits per heavy atom. The Balaban J connectivity index is 1.63. The molecule has 39 heavy (non-hydrogen) atoms. The number of carbonyl (C=O) groups excluding carboxylic acids is 1. The number of alkyl halides is 5. The second-order valence-electron chi connectivity index (χ2n) is 8.97. The maximum absolute atomic E-state index is 14.4. The molecule has 0 radical (unpaired) electrons. The first-order chi connectivity index (χ1) is 18.4. The van der Waals surface area contributed by atoms with E-state index in [9.17, 15) is 36.6 Å². The standard InChI is InChI=1S/C27H23F5N2O5/c1-17-21(33-22(39-17)12-11-18-7-3-2-4-8-18)14-16-38-34(25(37)26(28,29)27(30,31)32)15-13-19-9-5-6-10-20(19)23(34)24(35)36/h2-12,23H,13-16H2,1H3/p+1. The van der Waals surface area contributed by atoms with Gasteiger partial charge in [-0.25, -0.2) is 14.6 Å². The first kappa shape index (κ1) is 28.1. The number of aromatic nitrogens is 1. The molecule has 0 fully saturated rings. The molecule has 1 aromatic heterocycles. The van der Waals surface area contributed by atoms with Crippen molar-refractivity contribution in [2.45, 2.75) is 37.9 Å². The Kier molecular flexibility index (Phi) is 7.71. The van der Waals surface area contributed by atoms with Gasteiger partial charge in [0.25, 0.3) is 0 Å². The molecule has 2 atom stereocenters. The third kappa shape index (κ3) is 5.48. The van der Waals surface area contributed by atoms with Gasteiger partial charge in [-0.3, -0.25) is 0 Å². The lowest BCUT2D eigenvalue weighted by Crippen LogP contribution is -2.67. The first-order valence-corrected chi connectivity index (χ1v) is 11.9. The number of fused-ring (bicyclic) bond motifs is 1. The molecule has 4 rings (SSSR count). The van der Waals surface area contributed by atoms with Gasteiger partial charge < -0.3 is 9.52 Å². The number of quaternary nitrogens is 1. The minimum atomic E-state index is -6.25. The number of halogens is 5. The highest BCUT2D eigenvalue weighted by atomic mass is 19.4. The van der Waals surface area contributed by atoms with E-state index in [4.69, 9.17) is 9.25 Å². The van der Waals surface area contributed by atoms with Gasteiger partial charge in [-0.2, -0.15) is 26.8 Å². The van der Waals surface area contributed by atoms with E-state index < -0.39 is 47.8 Å². The number of hydrogen-bond donors (Lipinski definition) is 1. The zero-order valence-corrected chi connectivity index (χ0v) is 20.6. The predicted molar refractivity (Wildman–Crippen MR) is 128 cm³/mol. The van der Waals surface area contributed by atoms with Gasteiger partial charge in [-0.05, 0) is 24.1 Å². The Labute approximate surface area is 219 Å². The van der Waals surface area contributed by atoms with Gasteiger partial charge in [-0.15, -0.1) is 0 Å². The van der Waals surface area contributed by atoms with Crippen molar-refractivity contribution in [3.8, 4) is 0 Å². The zero-order valence-electron chi connectivity index (χ0n) is 20.6. The van der Waals surface area contributed by atoms with Crippen LogP contribution in [0.3, 0.4) is 0 Å². The van der Waals surface area contributed by atoms with Crippen molar-refractivity contribution in [2.75, 3.05) is 13.2 Å². The first-order valence-electron chi connectivity index (χ1n) is 11.9. The molecule has 2 heterocycles. The topological polar surface area (TPSA) is 89.6 Å². The van der Waals surface area contributed by atoms with Gasteiger partial charge in [0.15, 0.2) is 0 Å². The molecule has 0 saturated heterocycles. The second kappa shape index (κ2) is 10.7. The molecular weight excluding hydrogens is 527 g/mol. The predicted octanol–water partition coefficient (Wildman–Crippen LogP) is 5.55. The zero-order chi connectivity index (χ0) is 28.4. The van der Waals surface area contributed by atoms with Crippen molar-refractivity contribution >= 4 is 24.0 Å². The summed E-state index contributed by atoms with van der Waals surface area (Å²) in [6.45, 7) is 0.259. The average Bonchev–Trinajstić information content (AvgIpc) is 3.25.